The summed E-state index contributed by atoms with van der Waals surface area (Å²) in [5, 5.41) is 16.2. The van der Waals surface area contributed by atoms with Gasteiger partial charge in [-0.2, -0.15) is 5.10 Å². The Hall–Kier alpha value is -3.75. The summed E-state index contributed by atoms with van der Waals surface area (Å²) in [6.07, 6.45) is 4.39. The highest BCUT2D eigenvalue weighted by atomic mass is 19.1. The number of hydrogen-bond acceptors (Lipinski definition) is 4. The minimum Gasteiger partial charge on any atom is -0.465 e. The minimum absolute atomic E-state index is 0.0259. The fourth-order valence-electron chi connectivity index (χ4n) is 4.40. The first kappa shape index (κ1) is 23.4. The van der Waals surface area contributed by atoms with E-state index in [4.69, 9.17) is 10.2 Å². The first-order valence-electron chi connectivity index (χ1n) is 11.4. The van der Waals surface area contributed by atoms with Gasteiger partial charge in [0.05, 0.1) is 5.69 Å². The maximum absolute atomic E-state index is 13.3. The van der Waals surface area contributed by atoms with Crippen molar-refractivity contribution in [3.63, 3.8) is 0 Å². The second-order valence-corrected chi connectivity index (χ2v) is 8.67. The molecule has 4 rings (SSSR count). The standard InChI is InChI=1S/C25H28FN5O3/c1-17(28-25(33)34)19-8-12-30(13-9-19)24(32)16-31-22(14-18-2-4-21(26)5-3-18)15-23(29-31)20-6-10-27-11-7-20/h2-7,10-11,15,17,19,28H,8-9,12-14,16H2,1H3,(H,33,34). The Labute approximate surface area is 197 Å². The molecule has 3 heterocycles. The number of nitrogens with zero attached hydrogens (tertiary/aromatic N) is 4. The zero-order valence-electron chi connectivity index (χ0n) is 19.0. The normalized spacial score (nSPS) is 15.2. The lowest BCUT2D eigenvalue weighted by Gasteiger charge is -2.34. The van der Waals surface area contributed by atoms with E-state index < -0.39 is 6.09 Å². The third kappa shape index (κ3) is 5.78. The highest BCUT2D eigenvalue weighted by molar-refractivity contribution is 5.76. The molecular formula is C25H28FN5O3. The van der Waals surface area contributed by atoms with Crippen LogP contribution < -0.4 is 5.32 Å². The van der Waals surface area contributed by atoms with Crippen molar-refractivity contribution in [2.75, 3.05) is 13.1 Å². The molecule has 1 aliphatic heterocycles. The number of pyridine rings is 1. The summed E-state index contributed by atoms with van der Waals surface area (Å²) < 4.78 is 15.1. The van der Waals surface area contributed by atoms with Gasteiger partial charge in [-0.3, -0.25) is 14.5 Å². The molecular weight excluding hydrogens is 437 g/mol. The molecule has 2 amide bonds. The van der Waals surface area contributed by atoms with Crippen molar-refractivity contribution in [2.45, 2.75) is 38.8 Å². The predicted octanol–water partition coefficient (Wildman–Crippen LogP) is 3.57. The molecule has 0 saturated carbocycles. The SMILES string of the molecule is CC(NC(=O)O)C1CCN(C(=O)Cn2nc(-c3ccncc3)cc2Cc2ccc(F)cc2)CC1. The Balaban J connectivity index is 1.48. The number of carboxylic acid groups (broad SMARTS) is 1. The fourth-order valence-corrected chi connectivity index (χ4v) is 4.40. The third-order valence-electron chi connectivity index (χ3n) is 6.37. The van der Waals surface area contributed by atoms with Gasteiger partial charge in [0.1, 0.15) is 12.4 Å². The number of rotatable bonds is 7. The Morgan fingerprint density at radius 3 is 2.47 bits per heavy atom. The molecule has 0 aliphatic carbocycles. The van der Waals surface area contributed by atoms with Crippen molar-refractivity contribution in [3.05, 3.63) is 71.9 Å². The van der Waals surface area contributed by atoms with Crippen LogP contribution in [0.3, 0.4) is 0 Å². The quantitative estimate of drug-likeness (QED) is 0.556. The molecule has 1 unspecified atom stereocenters. The summed E-state index contributed by atoms with van der Waals surface area (Å²) >= 11 is 0. The lowest BCUT2D eigenvalue weighted by Crippen LogP contribution is -2.46. The average Bonchev–Trinajstić information content (AvgIpc) is 3.23. The van der Waals surface area contributed by atoms with Gasteiger partial charge in [-0.1, -0.05) is 12.1 Å². The molecule has 0 bridgehead atoms. The van der Waals surface area contributed by atoms with Gasteiger partial charge in [-0.05, 0) is 61.6 Å². The van der Waals surface area contributed by atoms with Crippen LogP contribution in [0.5, 0.6) is 0 Å². The molecule has 1 fully saturated rings. The predicted molar refractivity (Wildman–Crippen MR) is 125 cm³/mol. The molecule has 2 aromatic heterocycles. The van der Waals surface area contributed by atoms with Crippen molar-refractivity contribution in [1.29, 1.82) is 0 Å². The van der Waals surface area contributed by atoms with E-state index in [0.29, 0.717) is 19.5 Å². The summed E-state index contributed by atoms with van der Waals surface area (Å²) in [6, 6.07) is 11.9. The number of hydrogen-bond donors (Lipinski definition) is 2. The van der Waals surface area contributed by atoms with E-state index in [0.717, 1.165) is 35.4 Å². The second kappa shape index (κ2) is 10.5. The number of piperidine rings is 1. The summed E-state index contributed by atoms with van der Waals surface area (Å²) in [5.41, 5.74) is 3.44. The molecule has 8 nitrogen and oxygen atoms in total. The van der Waals surface area contributed by atoms with Gasteiger partial charge in [-0.25, -0.2) is 9.18 Å². The van der Waals surface area contributed by atoms with Crippen molar-refractivity contribution in [1.82, 2.24) is 25.0 Å². The lowest BCUT2D eigenvalue weighted by molar-refractivity contribution is -0.133. The van der Waals surface area contributed by atoms with Gasteiger partial charge in [0.25, 0.3) is 0 Å². The number of carbonyl (C=O) groups excluding carboxylic acids is 1. The van der Waals surface area contributed by atoms with Gasteiger partial charge in [0, 0.05) is 49.2 Å². The molecule has 2 N–H and O–H groups in total. The molecule has 1 aromatic carbocycles. The van der Waals surface area contributed by atoms with Crippen molar-refractivity contribution < 1.29 is 19.1 Å². The lowest BCUT2D eigenvalue weighted by atomic mass is 9.90. The molecule has 0 spiro atoms. The summed E-state index contributed by atoms with van der Waals surface area (Å²) in [4.78, 5) is 29.9. The number of benzene rings is 1. The number of likely N-dealkylation sites (tertiary alicyclic amines) is 1. The molecule has 0 radical (unpaired) electrons. The van der Waals surface area contributed by atoms with Crippen LogP contribution in [0.25, 0.3) is 11.3 Å². The van der Waals surface area contributed by atoms with Crippen LogP contribution >= 0.6 is 0 Å². The van der Waals surface area contributed by atoms with Crippen LogP contribution in [0.15, 0.2) is 54.9 Å². The second-order valence-electron chi connectivity index (χ2n) is 8.67. The minimum atomic E-state index is -1.02. The zero-order chi connectivity index (χ0) is 24.1. The zero-order valence-corrected chi connectivity index (χ0v) is 19.0. The van der Waals surface area contributed by atoms with E-state index in [1.807, 2.05) is 30.0 Å². The van der Waals surface area contributed by atoms with Crippen LogP contribution in [-0.4, -0.2) is 55.9 Å². The van der Waals surface area contributed by atoms with Gasteiger partial charge in [0.2, 0.25) is 5.91 Å². The number of carbonyl (C=O) groups is 2. The summed E-state index contributed by atoms with van der Waals surface area (Å²) in [6.45, 7) is 3.14. The van der Waals surface area contributed by atoms with Crippen molar-refractivity contribution in [3.8, 4) is 11.3 Å². The van der Waals surface area contributed by atoms with Gasteiger partial charge in [-0.15, -0.1) is 0 Å². The first-order chi connectivity index (χ1) is 16.4. The molecule has 34 heavy (non-hydrogen) atoms. The molecule has 1 saturated heterocycles. The largest absolute Gasteiger partial charge is 0.465 e. The average molecular weight is 466 g/mol. The highest BCUT2D eigenvalue weighted by Gasteiger charge is 2.27. The topological polar surface area (TPSA) is 100 Å². The summed E-state index contributed by atoms with van der Waals surface area (Å²) in [5.74, 6) is -0.111. The maximum Gasteiger partial charge on any atom is 0.404 e. The van der Waals surface area contributed by atoms with Crippen LogP contribution in [0.4, 0.5) is 9.18 Å². The number of nitrogens with one attached hydrogen (secondary N) is 1. The first-order valence-corrected chi connectivity index (χ1v) is 11.4. The van der Waals surface area contributed by atoms with E-state index in [-0.39, 0.29) is 30.2 Å². The van der Waals surface area contributed by atoms with E-state index in [1.165, 1.54) is 12.1 Å². The monoisotopic (exact) mass is 465 g/mol. The van der Waals surface area contributed by atoms with Crippen LogP contribution in [-0.2, 0) is 17.8 Å². The van der Waals surface area contributed by atoms with Crippen LogP contribution in [0.2, 0.25) is 0 Å². The third-order valence-corrected chi connectivity index (χ3v) is 6.37. The Bertz CT molecular complexity index is 1130. The Morgan fingerprint density at radius 1 is 1.15 bits per heavy atom. The van der Waals surface area contributed by atoms with Gasteiger partial charge < -0.3 is 15.3 Å². The van der Waals surface area contributed by atoms with E-state index in [1.54, 1.807) is 29.2 Å². The molecule has 9 heteroatoms. The number of amides is 2. The maximum atomic E-state index is 13.3. The van der Waals surface area contributed by atoms with Crippen LogP contribution in [0, 0.1) is 11.7 Å². The Morgan fingerprint density at radius 2 is 1.82 bits per heavy atom. The Kier molecular flexibility index (Phi) is 7.20. The molecule has 1 aliphatic rings. The molecule has 178 valence electrons. The van der Waals surface area contributed by atoms with Crippen molar-refractivity contribution in [2.24, 2.45) is 5.92 Å². The van der Waals surface area contributed by atoms with Crippen LogP contribution in [0.1, 0.15) is 31.0 Å². The smallest absolute Gasteiger partial charge is 0.404 e. The van der Waals surface area contributed by atoms with E-state index in [2.05, 4.69) is 10.3 Å². The number of halogens is 1. The van der Waals surface area contributed by atoms with E-state index in [9.17, 15) is 14.0 Å². The summed E-state index contributed by atoms with van der Waals surface area (Å²) in [7, 11) is 0. The van der Waals surface area contributed by atoms with Gasteiger partial charge >= 0.3 is 6.09 Å². The molecule has 3 aromatic rings. The van der Waals surface area contributed by atoms with Gasteiger partial charge in [0.15, 0.2) is 0 Å². The molecule has 1 atom stereocenters. The fraction of sp³-hybridized carbons (Fsp3) is 0.360. The number of aromatic nitrogens is 3. The van der Waals surface area contributed by atoms with E-state index >= 15 is 0 Å². The highest BCUT2D eigenvalue weighted by Crippen LogP contribution is 2.23. The van der Waals surface area contributed by atoms with Crippen molar-refractivity contribution >= 4 is 12.0 Å².